The Labute approximate surface area is 227 Å². The van der Waals surface area contributed by atoms with E-state index in [1.807, 2.05) is 13.0 Å². The maximum atomic E-state index is 13.7. The van der Waals surface area contributed by atoms with Gasteiger partial charge >= 0.3 is 0 Å². The lowest BCUT2D eigenvalue weighted by molar-refractivity contribution is -0.139. The summed E-state index contributed by atoms with van der Waals surface area (Å²) in [6, 6.07) is 11.5. The van der Waals surface area contributed by atoms with Crippen molar-refractivity contribution < 1.29 is 18.0 Å². The van der Waals surface area contributed by atoms with Gasteiger partial charge in [0.15, 0.2) is 0 Å². The van der Waals surface area contributed by atoms with Gasteiger partial charge in [0.25, 0.3) is 0 Å². The lowest BCUT2D eigenvalue weighted by Crippen LogP contribution is -2.53. The van der Waals surface area contributed by atoms with Crippen LogP contribution in [0.3, 0.4) is 0 Å². The molecule has 0 heterocycles. The minimum absolute atomic E-state index is 0.0927. The third kappa shape index (κ3) is 7.70. The molecule has 2 amide bonds. The molecule has 1 aliphatic carbocycles. The molecule has 3 rings (SSSR count). The lowest BCUT2D eigenvalue weighted by atomic mass is 9.95. The van der Waals surface area contributed by atoms with Crippen molar-refractivity contribution in [1.82, 2.24) is 10.2 Å². The van der Waals surface area contributed by atoms with Crippen molar-refractivity contribution in [1.29, 1.82) is 0 Å². The van der Waals surface area contributed by atoms with Gasteiger partial charge in [0, 0.05) is 22.1 Å². The molecule has 1 N–H and O–H groups in total. The van der Waals surface area contributed by atoms with Gasteiger partial charge < -0.3 is 10.2 Å². The number of amides is 2. The van der Waals surface area contributed by atoms with Gasteiger partial charge in [0.1, 0.15) is 12.6 Å². The van der Waals surface area contributed by atoms with Gasteiger partial charge in [-0.25, -0.2) is 8.42 Å². The van der Waals surface area contributed by atoms with Crippen LogP contribution in [0.4, 0.5) is 5.69 Å². The van der Waals surface area contributed by atoms with Crippen LogP contribution in [0.5, 0.6) is 0 Å². The van der Waals surface area contributed by atoms with Crippen LogP contribution in [0.25, 0.3) is 0 Å². The van der Waals surface area contributed by atoms with Crippen molar-refractivity contribution in [3.8, 4) is 0 Å². The fraction of sp³-hybridized carbons (Fsp3) is 0.462. The van der Waals surface area contributed by atoms with Crippen LogP contribution in [-0.4, -0.2) is 50.0 Å². The third-order valence-corrected chi connectivity index (χ3v) is 8.73. The average molecular weight is 599 g/mol. The van der Waals surface area contributed by atoms with Gasteiger partial charge in [-0.05, 0) is 68.1 Å². The summed E-state index contributed by atoms with van der Waals surface area (Å²) in [6.45, 7) is 3.21. The van der Waals surface area contributed by atoms with Gasteiger partial charge in [-0.2, -0.15) is 0 Å². The van der Waals surface area contributed by atoms with E-state index in [0.29, 0.717) is 10.7 Å². The molecule has 196 valence electrons. The molecule has 0 radical (unpaired) electrons. The molecule has 7 nitrogen and oxygen atoms in total. The number of nitrogens with zero attached hydrogens (tertiary/aromatic N) is 2. The summed E-state index contributed by atoms with van der Waals surface area (Å²) in [7, 11) is -3.78. The van der Waals surface area contributed by atoms with Gasteiger partial charge in [-0.15, -0.1) is 0 Å². The lowest BCUT2D eigenvalue weighted by Gasteiger charge is -2.33. The van der Waals surface area contributed by atoms with Crippen molar-refractivity contribution in [2.75, 3.05) is 17.1 Å². The normalized spacial score (nSPS) is 15.2. The highest BCUT2D eigenvalue weighted by atomic mass is 79.9. The van der Waals surface area contributed by atoms with E-state index in [-0.39, 0.29) is 18.5 Å². The second-order valence-electron chi connectivity index (χ2n) is 9.37. The number of nitrogens with one attached hydrogen (secondary N) is 1. The highest BCUT2D eigenvalue weighted by molar-refractivity contribution is 9.10. The zero-order valence-electron chi connectivity index (χ0n) is 20.8. The Balaban J connectivity index is 1.88. The molecule has 1 saturated carbocycles. The van der Waals surface area contributed by atoms with E-state index in [1.165, 1.54) is 4.90 Å². The van der Waals surface area contributed by atoms with Crippen molar-refractivity contribution in [3.05, 3.63) is 63.1 Å². The molecule has 1 aliphatic rings. The summed E-state index contributed by atoms with van der Waals surface area (Å²) < 4.78 is 27.3. The number of aryl methyl sites for hydroxylation is 1. The molecule has 0 aliphatic heterocycles. The Morgan fingerprint density at radius 1 is 1.14 bits per heavy atom. The molecule has 36 heavy (non-hydrogen) atoms. The minimum atomic E-state index is -3.78. The minimum Gasteiger partial charge on any atom is -0.352 e. The Kier molecular flexibility index (Phi) is 9.83. The van der Waals surface area contributed by atoms with Crippen molar-refractivity contribution in [2.45, 2.75) is 64.6 Å². The van der Waals surface area contributed by atoms with Gasteiger partial charge in [-0.3, -0.25) is 13.9 Å². The first-order valence-corrected chi connectivity index (χ1v) is 15.1. The molecule has 0 aromatic heterocycles. The number of sulfonamides is 1. The fourth-order valence-electron chi connectivity index (χ4n) is 4.38. The quantitative estimate of drug-likeness (QED) is 0.438. The second-order valence-corrected chi connectivity index (χ2v) is 12.6. The standard InChI is InChI=1S/C26H33BrClN3O4S/c1-18-14-23(12-13-24(18)27)31(36(3,34)35)17-25(32)30(16-20-8-7-9-21(28)15-20)19(2)26(33)29-22-10-5-4-6-11-22/h7-9,12-15,19,22H,4-6,10-11,16-17H2,1-3H3,(H,29,33)/t19-/m0/s1. The van der Waals surface area contributed by atoms with Crippen LogP contribution in [-0.2, 0) is 26.2 Å². The van der Waals surface area contributed by atoms with Crippen LogP contribution >= 0.6 is 27.5 Å². The number of rotatable bonds is 9. The summed E-state index contributed by atoms with van der Waals surface area (Å²) in [5.41, 5.74) is 1.97. The highest BCUT2D eigenvalue weighted by Gasteiger charge is 2.31. The Morgan fingerprint density at radius 3 is 2.44 bits per heavy atom. The number of anilines is 1. The molecular formula is C26H33BrClN3O4S. The zero-order valence-corrected chi connectivity index (χ0v) is 24.0. The zero-order chi connectivity index (χ0) is 26.5. The van der Waals surface area contributed by atoms with E-state index in [4.69, 9.17) is 11.6 Å². The van der Waals surface area contributed by atoms with Gasteiger partial charge in [0.2, 0.25) is 21.8 Å². The monoisotopic (exact) mass is 597 g/mol. The summed E-state index contributed by atoms with van der Waals surface area (Å²) in [5.74, 6) is -0.727. The van der Waals surface area contributed by atoms with Crippen LogP contribution in [0.1, 0.15) is 50.2 Å². The fourth-order valence-corrected chi connectivity index (χ4v) is 5.68. The maximum absolute atomic E-state index is 13.7. The third-order valence-electron chi connectivity index (χ3n) is 6.47. The van der Waals surface area contributed by atoms with E-state index in [1.54, 1.807) is 43.3 Å². The number of hydrogen-bond acceptors (Lipinski definition) is 4. The molecule has 0 spiro atoms. The van der Waals surface area contributed by atoms with Crippen molar-refractivity contribution >= 4 is 55.1 Å². The van der Waals surface area contributed by atoms with Crippen LogP contribution in [0, 0.1) is 6.92 Å². The SMILES string of the molecule is Cc1cc(N(CC(=O)N(Cc2cccc(Cl)c2)[C@@H](C)C(=O)NC2CCCCC2)S(C)(=O)=O)ccc1Br. The Bertz CT molecular complexity index is 1200. The number of benzene rings is 2. The predicted molar refractivity (Wildman–Crippen MR) is 148 cm³/mol. The molecule has 0 unspecified atom stereocenters. The Hall–Kier alpha value is -2.10. The largest absolute Gasteiger partial charge is 0.352 e. The molecule has 10 heteroatoms. The van der Waals surface area contributed by atoms with Gasteiger partial charge in [0.05, 0.1) is 11.9 Å². The summed E-state index contributed by atoms with van der Waals surface area (Å²) in [6.07, 6.45) is 6.22. The smallest absolute Gasteiger partial charge is 0.244 e. The first-order chi connectivity index (χ1) is 17.0. The summed E-state index contributed by atoms with van der Waals surface area (Å²) in [4.78, 5) is 28.3. The van der Waals surface area contributed by atoms with E-state index in [2.05, 4.69) is 21.2 Å². The second kappa shape index (κ2) is 12.4. The molecule has 1 atom stereocenters. The molecule has 0 bridgehead atoms. The topological polar surface area (TPSA) is 86.8 Å². The van der Waals surface area contributed by atoms with Crippen LogP contribution in [0.15, 0.2) is 46.9 Å². The highest BCUT2D eigenvalue weighted by Crippen LogP contribution is 2.25. The van der Waals surface area contributed by atoms with E-state index in [0.717, 1.165) is 58.3 Å². The van der Waals surface area contributed by atoms with E-state index < -0.39 is 28.5 Å². The maximum Gasteiger partial charge on any atom is 0.244 e. The van der Waals surface area contributed by atoms with Crippen molar-refractivity contribution in [2.24, 2.45) is 0 Å². The number of carbonyl (C=O) groups is 2. The number of carbonyl (C=O) groups excluding carboxylic acids is 2. The molecule has 1 fully saturated rings. The van der Waals surface area contributed by atoms with E-state index >= 15 is 0 Å². The molecular weight excluding hydrogens is 566 g/mol. The van der Waals surface area contributed by atoms with E-state index in [9.17, 15) is 18.0 Å². The van der Waals surface area contributed by atoms with Gasteiger partial charge in [-0.1, -0.05) is 58.9 Å². The Morgan fingerprint density at radius 2 is 1.83 bits per heavy atom. The first-order valence-electron chi connectivity index (χ1n) is 12.0. The molecule has 2 aromatic rings. The first kappa shape index (κ1) is 28.5. The summed E-state index contributed by atoms with van der Waals surface area (Å²) in [5, 5.41) is 3.60. The molecule has 0 saturated heterocycles. The summed E-state index contributed by atoms with van der Waals surface area (Å²) >= 11 is 9.58. The average Bonchev–Trinajstić information content (AvgIpc) is 2.82. The number of hydrogen-bond donors (Lipinski definition) is 1. The van der Waals surface area contributed by atoms with Crippen molar-refractivity contribution in [3.63, 3.8) is 0 Å². The van der Waals surface area contributed by atoms with Crippen LogP contribution in [0.2, 0.25) is 5.02 Å². The number of halogens is 2. The van der Waals surface area contributed by atoms with Crippen LogP contribution < -0.4 is 9.62 Å². The predicted octanol–water partition coefficient (Wildman–Crippen LogP) is 5.04. The molecule has 2 aromatic carbocycles.